The maximum Gasteiger partial charge on any atom is 0.205 e. The Bertz CT molecular complexity index is 900. The fraction of sp³-hybridized carbons (Fsp3) is 0.0625. The van der Waals surface area contributed by atoms with Gasteiger partial charge in [0.15, 0.2) is 5.75 Å². The number of fused-ring (bicyclic) bond motifs is 3. The summed E-state index contributed by atoms with van der Waals surface area (Å²) in [6, 6.07) is 13.8. The first-order valence-corrected chi connectivity index (χ1v) is 7.23. The number of hydrogen-bond acceptors (Lipinski definition) is 5. The van der Waals surface area contributed by atoms with Gasteiger partial charge in [-0.3, -0.25) is 0 Å². The molecule has 0 amide bonds. The van der Waals surface area contributed by atoms with Crippen LogP contribution in [0.15, 0.2) is 58.5 Å². The summed E-state index contributed by atoms with van der Waals surface area (Å²) in [7, 11) is 0. The Morgan fingerprint density at radius 2 is 2.05 bits per heavy atom. The van der Waals surface area contributed by atoms with Gasteiger partial charge in [0, 0.05) is 10.1 Å². The molecule has 3 aromatic rings. The van der Waals surface area contributed by atoms with Crippen molar-refractivity contribution >= 4 is 21.4 Å². The summed E-state index contributed by atoms with van der Waals surface area (Å²) in [5, 5.41) is 10.4. The third-order valence-corrected chi connectivity index (χ3v) is 4.77. The van der Waals surface area contributed by atoms with Crippen LogP contribution in [-0.2, 0) is 0 Å². The third kappa shape index (κ3) is 1.66. The molecule has 0 aliphatic carbocycles. The molecule has 1 atom stereocenters. The Morgan fingerprint density at radius 3 is 2.81 bits per heavy atom. The van der Waals surface area contributed by atoms with E-state index in [2.05, 4.69) is 6.07 Å². The standard InChI is InChI=1S/C16H10N2O2S/c17-8-10-13(11-5-3-7-19-11)15-14(20-16(10)18)9-4-1-2-6-12(9)21-15/h1-7,13H,18H2/t13-/m0/s1. The summed E-state index contributed by atoms with van der Waals surface area (Å²) < 4.78 is 12.3. The lowest BCUT2D eigenvalue weighted by atomic mass is 9.93. The molecular weight excluding hydrogens is 284 g/mol. The monoisotopic (exact) mass is 294 g/mol. The second kappa shape index (κ2) is 4.40. The maximum absolute atomic E-state index is 9.43. The number of allylic oxidation sites excluding steroid dienone is 1. The average molecular weight is 294 g/mol. The van der Waals surface area contributed by atoms with Crippen molar-refractivity contribution in [2.45, 2.75) is 5.92 Å². The lowest BCUT2D eigenvalue weighted by Crippen LogP contribution is -2.19. The third-order valence-electron chi connectivity index (χ3n) is 3.55. The van der Waals surface area contributed by atoms with Gasteiger partial charge in [-0.2, -0.15) is 5.26 Å². The SMILES string of the molecule is N#CC1=C(N)Oc2c(sc3ccccc23)[C@@H]1c1ccco1. The molecule has 3 heterocycles. The number of thiophene rings is 1. The molecule has 0 unspecified atom stereocenters. The van der Waals surface area contributed by atoms with E-state index >= 15 is 0 Å². The molecule has 1 aliphatic rings. The highest BCUT2D eigenvalue weighted by atomic mass is 32.1. The van der Waals surface area contributed by atoms with Crippen LogP contribution in [0.3, 0.4) is 0 Å². The van der Waals surface area contributed by atoms with Gasteiger partial charge in [-0.1, -0.05) is 12.1 Å². The smallest absolute Gasteiger partial charge is 0.205 e. The summed E-state index contributed by atoms with van der Waals surface area (Å²) in [5.74, 6) is 1.28. The van der Waals surface area contributed by atoms with E-state index in [1.165, 1.54) is 0 Å². The molecule has 0 saturated heterocycles. The van der Waals surface area contributed by atoms with Gasteiger partial charge in [0.2, 0.25) is 5.88 Å². The van der Waals surface area contributed by atoms with E-state index in [0.717, 1.165) is 20.7 Å². The van der Waals surface area contributed by atoms with E-state index in [1.807, 2.05) is 36.4 Å². The first kappa shape index (κ1) is 12.1. The summed E-state index contributed by atoms with van der Waals surface area (Å²) in [6.07, 6.45) is 1.60. The summed E-state index contributed by atoms with van der Waals surface area (Å²) in [4.78, 5) is 0.955. The molecule has 0 radical (unpaired) electrons. The Kier molecular flexibility index (Phi) is 2.53. The number of nitrogens with zero attached hydrogens (tertiary/aromatic N) is 1. The van der Waals surface area contributed by atoms with Crippen LogP contribution in [-0.4, -0.2) is 0 Å². The van der Waals surface area contributed by atoms with Crippen LogP contribution in [0.25, 0.3) is 10.1 Å². The normalized spacial score (nSPS) is 17.4. The van der Waals surface area contributed by atoms with Crippen LogP contribution in [0, 0.1) is 11.3 Å². The number of nitrogens with two attached hydrogens (primary N) is 1. The lowest BCUT2D eigenvalue weighted by Gasteiger charge is -2.21. The topological polar surface area (TPSA) is 72.2 Å². The van der Waals surface area contributed by atoms with Crippen molar-refractivity contribution in [2.24, 2.45) is 5.73 Å². The van der Waals surface area contributed by atoms with Crippen LogP contribution in [0.2, 0.25) is 0 Å². The molecular formula is C16H10N2O2S. The fourth-order valence-corrected chi connectivity index (χ4v) is 3.87. The van der Waals surface area contributed by atoms with Gasteiger partial charge < -0.3 is 14.9 Å². The van der Waals surface area contributed by atoms with Gasteiger partial charge in [-0.05, 0) is 24.3 Å². The number of hydrogen-bond donors (Lipinski definition) is 1. The Morgan fingerprint density at radius 1 is 1.19 bits per heavy atom. The fourth-order valence-electron chi connectivity index (χ4n) is 2.62. The highest BCUT2D eigenvalue weighted by molar-refractivity contribution is 7.19. The van der Waals surface area contributed by atoms with Gasteiger partial charge in [-0.25, -0.2) is 0 Å². The van der Waals surface area contributed by atoms with E-state index < -0.39 is 0 Å². The number of rotatable bonds is 1. The Balaban J connectivity index is 2.03. The predicted molar refractivity (Wildman–Crippen MR) is 79.8 cm³/mol. The zero-order valence-corrected chi connectivity index (χ0v) is 11.7. The Labute approximate surface area is 124 Å². The molecule has 0 spiro atoms. The second-order valence-corrected chi connectivity index (χ2v) is 5.82. The van der Waals surface area contributed by atoms with Crippen molar-refractivity contribution in [1.82, 2.24) is 0 Å². The molecule has 1 aliphatic heterocycles. The second-order valence-electron chi connectivity index (χ2n) is 4.73. The van der Waals surface area contributed by atoms with E-state index in [-0.39, 0.29) is 11.8 Å². The summed E-state index contributed by atoms with van der Waals surface area (Å²) in [5.41, 5.74) is 6.34. The highest BCUT2D eigenvalue weighted by Crippen LogP contribution is 2.50. The number of ether oxygens (including phenoxy) is 1. The molecule has 5 heteroatoms. The van der Waals surface area contributed by atoms with Gasteiger partial charge in [0.05, 0.1) is 17.1 Å². The van der Waals surface area contributed by atoms with Crippen molar-refractivity contribution < 1.29 is 9.15 Å². The first-order chi connectivity index (χ1) is 10.3. The Hall–Kier alpha value is -2.71. The van der Waals surface area contributed by atoms with Gasteiger partial charge >= 0.3 is 0 Å². The van der Waals surface area contributed by atoms with Crippen LogP contribution in [0.5, 0.6) is 5.75 Å². The minimum Gasteiger partial charge on any atom is -0.468 e. The van der Waals surface area contributed by atoms with Crippen molar-refractivity contribution in [3.8, 4) is 11.8 Å². The highest BCUT2D eigenvalue weighted by Gasteiger charge is 2.35. The minimum atomic E-state index is -0.300. The lowest BCUT2D eigenvalue weighted by molar-refractivity contribution is 0.392. The molecule has 0 bridgehead atoms. The van der Waals surface area contributed by atoms with Crippen molar-refractivity contribution in [1.29, 1.82) is 5.26 Å². The van der Waals surface area contributed by atoms with E-state index in [1.54, 1.807) is 17.6 Å². The minimum absolute atomic E-state index is 0.148. The largest absolute Gasteiger partial charge is 0.468 e. The molecule has 4 nitrogen and oxygen atoms in total. The van der Waals surface area contributed by atoms with Crippen LogP contribution in [0.1, 0.15) is 16.6 Å². The number of benzene rings is 1. The molecule has 4 rings (SSSR count). The van der Waals surface area contributed by atoms with E-state index in [0.29, 0.717) is 11.3 Å². The van der Waals surface area contributed by atoms with Crippen LogP contribution < -0.4 is 10.5 Å². The molecule has 21 heavy (non-hydrogen) atoms. The zero-order chi connectivity index (χ0) is 14.4. The van der Waals surface area contributed by atoms with Crippen molar-refractivity contribution in [3.63, 3.8) is 0 Å². The molecule has 1 aromatic carbocycles. The molecule has 102 valence electrons. The van der Waals surface area contributed by atoms with Crippen LogP contribution >= 0.6 is 11.3 Å². The predicted octanol–water partition coefficient (Wildman–Crippen LogP) is 3.71. The molecule has 0 saturated carbocycles. The quantitative estimate of drug-likeness (QED) is 0.742. The van der Waals surface area contributed by atoms with Gasteiger partial charge in [-0.15, -0.1) is 11.3 Å². The van der Waals surface area contributed by atoms with Gasteiger partial charge in [0.25, 0.3) is 0 Å². The van der Waals surface area contributed by atoms with E-state index in [9.17, 15) is 5.26 Å². The average Bonchev–Trinajstić information content (AvgIpc) is 3.13. The molecule has 0 fully saturated rings. The first-order valence-electron chi connectivity index (χ1n) is 6.42. The number of furan rings is 1. The molecule has 2 aromatic heterocycles. The number of nitriles is 1. The molecule has 2 N–H and O–H groups in total. The van der Waals surface area contributed by atoms with Crippen LogP contribution in [0.4, 0.5) is 0 Å². The zero-order valence-electron chi connectivity index (χ0n) is 10.9. The van der Waals surface area contributed by atoms with Crippen molar-refractivity contribution in [3.05, 3.63) is 64.8 Å². The van der Waals surface area contributed by atoms with Gasteiger partial charge in [0.1, 0.15) is 17.4 Å². The maximum atomic E-state index is 9.43. The summed E-state index contributed by atoms with van der Waals surface area (Å²) >= 11 is 1.60. The summed E-state index contributed by atoms with van der Waals surface area (Å²) in [6.45, 7) is 0. The van der Waals surface area contributed by atoms with Crippen molar-refractivity contribution in [2.75, 3.05) is 0 Å². The van der Waals surface area contributed by atoms with E-state index in [4.69, 9.17) is 14.9 Å².